The fraction of sp³-hybridized carbons (Fsp3) is 0.318. The van der Waals surface area contributed by atoms with Gasteiger partial charge in [-0.2, -0.15) is 0 Å². The monoisotopic (exact) mass is 412 g/mol. The second-order valence-corrected chi connectivity index (χ2v) is 7.44. The Morgan fingerprint density at radius 3 is 2.80 bits per heavy atom. The quantitative estimate of drug-likeness (QED) is 0.690. The molecule has 2 N–H and O–H groups in total. The first-order chi connectivity index (χ1) is 14.3. The Hall–Kier alpha value is -3.55. The highest BCUT2D eigenvalue weighted by atomic mass is 16.5. The summed E-state index contributed by atoms with van der Waals surface area (Å²) in [6, 6.07) is 1.35. The number of carbonyl (C=O) groups is 2. The average molecular weight is 412 g/mol. The first-order valence-corrected chi connectivity index (χ1v) is 9.47. The molecule has 2 heterocycles. The van der Waals surface area contributed by atoms with Gasteiger partial charge in [-0.15, -0.1) is 0 Å². The van der Waals surface area contributed by atoms with E-state index in [1.54, 1.807) is 0 Å². The van der Waals surface area contributed by atoms with Gasteiger partial charge >= 0.3 is 5.97 Å². The van der Waals surface area contributed by atoms with E-state index in [1.165, 1.54) is 51.3 Å². The highest BCUT2D eigenvalue weighted by molar-refractivity contribution is 5.98. The lowest BCUT2D eigenvalue weighted by molar-refractivity contribution is -0.146. The van der Waals surface area contributed by atoms with Crippen LogP contribution in [0.25, 0.3) is 5.76 Å². The van der Waals surface area contributed by atoms with Crippen LogP contribution in [0, 0.1) is 0 Å². The van der Waals surface area contributed by atoms with Crippen molar-refractivity contribution in [3.63, 3.8) is 0 Å². The fourth-order valence-corrected chi connectivity index (χ4v) is 3.00. The van der Waals surface area contributed by atoms with E-state index in [9.17, 15) is 14.7 Å². The third-order valence-corrected chi connectivity index (χ3v) is 4.61. The SMILES string of the molecule is COC(=O)C(C)(C)NC(=O)c1ncc(C2=COC=C(CC3=CC=CCC3)O2)cc1O. The normalized spacial score (nSPS) is 15.8. The Balaban J connectivity index is 1.70. The lowest BCUT2D eigenvalue weighted by Crippen LogP contribution is -2.50. The Morgan fingerprint density at radius 1 is 1.33 bits per heavy atom. The fourth-order valence-electron chi connectivity index (χ4n) is 3.00. The molecule has 0 bridgehead atoms. The minimum absolute atomic E-state index is 0.219. The summed E-state index contributed by atoms with van der Waals surface area (Å²) in [6.45, 7) is 2.98. The van der Waals surface area contributed by atoms with Gasteiger partial charge in [-0.3, -0.25) is 4.79 Å². The van der Waals surface area contributed by atoms with Gasteiger partial charge in [0.05, 0.1) is 7.11 Å². The van der Waals surface area contributed by atoms with Crippen molar-refractivity contribution < 1.29 is 28.9 Å². The van der Waals surface area contributed by atoms with Crippen LogP contribution in [-0.4, -0.2) is 34.6 Å². The van der Waals surface area contributed by atoms with Crippen LogP contribution in [0.1, 0.15) is 49.2 Å². The molecule has 1 amide bonds. The average Bonchev–Trinajstić information content (AvgIpc) is 2.73. The molecular weight excluding hydrogens is 388 g/mol. The first kappa shape index (κ1) is 21.2. The highest BCUT2D eigenvalue weighted by Gasteiger charge is 2.32. The number of pyridine rings is 1. The van der Waals surface area contributed by atoms with E-state index in [2.05, 4.69) is 27.2 Å². The van der Waals surface area contributed by atoms with Crippen LogP contribution in [0.4, 0.5) is 0 Å². The van der Waals surface area contributed by atoms with Crippen molar-refractivity contribution in [2.45, 2.75) is 38.6 Å². The molecule has 1 aliphatic carbocycles. The van der Waals surface area contributed by atoms with E-state index >= 15 is 0 Å². The van der Waals surface area contributed by atoms with E-state index in [0.717, 1.165) is 12.8 Å². The number of allylic oxidation sites excluding steroid dienone is 4. The van der Waals surface area contributed by atoms with Gasteiger partial charge in [0, 0.05) is 18.2 Å². The van der Waals surface area contributed by atoms with Gasteiger partial charge in [-0.25, -0.2) is 9.78 Å². The molecule has 1 aromatic rings. The number of nitrogens with one attached hydrogen (secondary N) is 1. The minimum Gasteiger partial charge on any atom is -0.505 e. The molecule has 3 rings (SSSR count). The number of amides is 1. The minimum atomic E-state index is -1.27. The summed E-state index contributed by atoms with van der Waals surface area (Å²) in [7, 11) is 1.23. The summed E-state index contributed by atoms with van der Waals surface area (Å²) in [5, 5.41) is 12.8. The van der Waals surface area contributed by atoms with Crippen LogP contribution in [0.3, 0.4) is 0 Å². The predicted molar refractivity (Wildman–Crippen MR) is 109 cm³/mol. The maximum Gasteiger partial charge on any atom is 0.330 e. The Bertz CT molecular complexity index is 972. The number of hydrogen-bond acceptors (Lipinski definition) is 7. The third-order valence-electron chi connectivity index (χ3n) is 4.61. The molecule has 8 nitrogen and oxygen atoms in total. The van der Waals surface area contributed by atoms with Gasteiger partial charge < -0.3 is 24.6 Å². The number of nitrogens with zero attached hydrogens (tertiary/aromatic N) is 1. The van der Waals surface area contributed by atoms with Crippen molar-refractivity contribution in [2.75, 3.05) is 7.11 Å². The zero-order valence-electron chi connectivity index (χ0n) is 17.1. The second-order valence-electron chi connectivity index (χ2n) is 7.44. The molecule has 1 aliphatic heterocycles. The van der Waals surface area contributed by atoms with Gasteiger partial charge in [-0.05, 0) is 32.8 Å². The molecule has 0 spiro atoms. The van der Waals surface area contributed by atoms with Crippen molar-refractivity contribution >= 4 is 17.6 Å². The molecule has 158 valence electrons. The van der Waals surface area contributed by atoms with Crippen LogP contribution in [-0.2, 0) is 19.0 Å². The van der Waals surface area contributed by atoms with E-state index < -0.39 is 17.4 Å². The second kappa shape index (κ2) is 8.86. The number of methoxy groups -OCH3 is 1. The summed E-state index contributed by atoms with van der Waals surface area (Å²) in [6.07, 6.45) is 13.1. The maximum atomic E-state index is 12.4. The molecule has 0 fully saturated rings. The Labute approximate surface area is 174 Å². The van der Waals surface area contributed by atoms with Crippen LogP contribution < -0.4 is 5.32 Å². The number of hydrogen-bond donors (Lipinski definition) is 2. The van der Waals surface area contributed by atoms with E-state index in [1.807, 2.05) is 6.08 Å². The van der Waals surface area contributed by atoms with Gasteiger partial charge in [0.25, 0.3) is 5.91 Å². The molecule has 0 unspecified atom stereocenters. The van der Waals surface area contributed by atoms with Crippen LogP contribution in [0.5, 0.6) is 5.75 Å². The molecule has 0 saturated carbocycles. The Morgan fingerprint density at radius 2 is 2.13 bits per heavy atom. The van der Waals surface area contributed by atoms with E-state index in [0.29, 0.717) is 23.5 Å². The lowest BCUT2D eigenvalue weighted by atomic mass is 10.0. The van der Waals surface area contributed by atoms with Crippen molar-refractivity contribution in [2.24, 2.45) is 0 Å². The first-order valence-electron chi connectivity index (χ1n) is 9.47. The summed E-state index contributed by atoms with van der Waals surface area (Å²) < 4.78 is 15.9. The van der Waals surface area contributed by atoms with E-state index in [-0.39, 0.29) is 11.4 Å². The van der Waals surface area contributed by atoms with Crippen LogP contribution in [0.15, 0.2) is 54.3 Å². The summed E-state index contributed by atoms with van der Waals surface area (Å²) in [5.41, 5.74) is 0.182. The molecule has 2 aliphatic rings. The maximum absolute atomic E-state index is 12.4. The smallest absolute Gasteiger partial charge is 0.330 e. The van der Waals surface area contributed by atoms with Crippen molar-refractivity contribution in [3.05, 3.63) is 65.6 Å². The summed E-state index contributed by atoms with van der Waals surface area (Å²) in [5.74, 6) is -0.680. The third kappa shape index (κ3) is 4.89. The number of ether oxygens (including phenoxy) is 3. The van der Waals surface area contributed by atoms with Crippen molar-refractivity contribution in [1.82, 2.24) is 10.3 Å². The number of aromatic hydroxyl groups is 1. The predicted octanol–water partition coefficient (Wildman–Crippen LogP) is 3.32. The van der Waals surface area contributed by atoms with Gasteiger partial charge in [0.2, 0.25) is 0 Å². The highest BCUT2D eigenvalue weighted by Crippen LogP contribution is 2.30. The topological polar surface area (TPSA) is 107 Å². The van der Waals surface area contributed by atoms with E-state index in [4.69, 9.17) is 9.47 Å². The standard InChI is InChI=1S/C22H24N2O6/c1-22(2,21(27)28-3)24-20(26)19-17(25)10-15(11-23-19)18-13-29-12-16(30-18)9-14-7-5-4-6-8-14/h4-5,7,10-13,25H,6,8-9H2,1-3H3,(H,24,26). The van der Waals surface area contributed by atoms with Crippen molar-refractivity contribution in [3.8, 4) is 5.75 Å². The number of esters is 1. The van der Waals surface area contributed by atoms with Crippen LogP contribution >= 0.6 is 0 Å². The molecule has 0 atom stereocenters. The van der Waals surface area contributed by atoms with Gasteiger partial charge in [-0.1, -0.05) is 23.8 Å². The Kier molecular flexibility index (Phi) is 6.25. The largest absolute Gasteiger partial charge is 0.505 e. The molecule has 1 aromatic heterocycles. The summed E-state index contributed by atoms with van der Waals surface area (Å²) in [4.78, 5) is 28.2. The molecule has 0 aromatic carbocycles. The molecule has 0 saturated heterocycles. The van der Waals surface area contributed by atoms with Gasteiger partial charge in [0.1, 0.15) is 29.6 Å². The molecule has 0 radical (unpaired) electrons. The summed E-state index contributed by atoms with van der Waals surface area (Å²) >= 11 is 0. The molecular formula is C22H24N2O6. The lowest BCUT2D eigenvalue weighted by Gasteiger charge is -2.23. The number of carbonyl (C=O) groups excluding carboxylic acids is 2. The number of aromatic nitrogens is 1. The van der Waals surface area contributed by atoms with Gasteiger partial charge in [0.15, 0.2) is 11.5 Å². The van der Waals surface area contributed by atoms with Crippen LogP contribution in [0.2, 0.25) is 0 Å². The number of rotatable bonds is 6. The molecule has 30 heavy (non-hydrogen) atoms. The zero-order valence-corrected chi connectivity index (χ0v) is 17.1. The zero-order chi connectivity index (χ0) is 21.7. The van der Waals surface area contributed by atoms with Crippen molar-refractivity contribution in [1.29, 1.82) is 0 Å². The molecule has 8 heteroatoms.